The average molecular weight is 249 g/mol. The Bertz CT molecular complexity index is 416. The minimum absolute atomic E-state index is 0.888. The molecule has 0 aliphatic carbocycles. The zero-order valence-electron chi connectivity index (χ0n) is 10.4. The Morgan fingerprint density at radius 3 is 2.71 bits per heavy atom. The highest BCUT2D eigenvalue weighted by Gasteiger charge is 2.00. The molecule has 2 heterocycles. The maximum atomic E-state index is 4.26. The van der Waals surface area contributed by atoms with Gasteiger partial charge in [0.25, 0.3) is 0 Å². The molecular formula is C13H19N3S. The molecule has 4 heteroatoms. The highest BCUT2D eigenvalue weighted by molar-refractivity contribution is 7.11. The molecule has 0 atom stereocenters. The molecule has 0 aliphatic rings. The zero-order chi connectivity index (χ0) is 12.1. The molecule has 3 nitrogen and oxygen atoms in total. The SMILES string of the molecule is CCc1ccc(CNCc2cnn(CC)c2)s1. The molecule has 0 spiro atoms. The van der Waals surface area contributed by atoms with Crippen molar-refractivity contribution < 1.29 is 0 Å². The first-order chi connectivity index (χ1) is 8.31. The van der Waals surface area contributed by atoms with E-state index in [2.05, 4.69) is 42.6 Å². The van der Waals surface area contributed by atoms with E-state index in [9.17, 15) is 0 Å². The molecule has 0 bridgehead atoms. The molecule has 0 radical (unpaired) electrons. The van der Waals surface area contributed by atoms with Crippen LogP contribution in [0, 0.1) is 0 Å². The number of aromatic nitrogens is 2. The average Bonchev–Trinajstić information content (AvgIpc) is 2.97. The first-order valence-corrected chi connectivity index (χ1v) is 6.93. The van der Waals surface area contributed by atoms with Crippen LogP contribution in [-0.2, 0) is 26.1 Å². The van der Waals surface area contributed by atoms with Crippen molar-refractivity contribution >= 4 is 11.3 Å². The summed E-state index contributed by atoms with van der Waals surface area (Å²) in [5.41, 5.74) is 1.25. The Balaban J connectivity index is 1.79. The summed E-state index contributed by atoms with van der Waals surface area (Å²) in [4.78, 5) is 2.87. The van der Waals surface area contributed by atoms with Gasteiger partial charge in [0.1, 0.15) is 0 Å². The second-order valence-corrected chi connectivity index (χ2v) is 5.28. The van der Waals surface area contributed by atoms with E-state index in [0.717, 1.165) is 26.1 Å². The van der Waals surface area contributed by atoms with E-state index in [1.165, 1.54) is 15.3 Å². The highest BCUT2D eigenvalue weighted by atomic mass is 32.1. The third-order valence-corrected chi connectivity index (χ3v) is 3.93. The van der Waals surface area contributed by atoms with Gasteiger partial charge in [-0.2, -0.15) is 5.10 Å². The van der Waals surface area contributed by atoms with Crippen LogP contribution in [-0.4, -0.2) is 9.78 Å². The predicted octanol–water partition coefficient (Wildman–Crippen LogP) is 2.82. The fourth-order valence-corrected chi connectivity index (χ4v) is 2.64. The van der Waals surface area contributed by atoms with Gasteiger partial charge in [0.2, 0.25) is 0 Å². The number of nitrogens with zero attached hydrogens (tertiary/aromatic N) is 2. The van der Waals surface area contributed by atoms with Crippen LogP contribution in [0.1, 0.15) is 29.2 Å². The number of rotatable bonds is 6. The summed E-state index contributed by atoms with van der Waals surface area (Å²) in [6, 6.07) is 4.43. The van der Waals surface area contributed by atoms with Crippen molar-refractivity contribution in [2.24, 2.45) is 0 Å². The van der Waals surface area contributed by atoms with Crippen LogP contribution in [0.3, 0.4) is 0 Å². The minimum atomic E-state index is 0.888. The summed E-state index contributed by atoms with van der Waals surface area (Å²) in [5, 5.41) is 7.71. The maximum absolute atomic E-state index is 4.26. The molecular weight excluding hydrogens is 230 g/mol. The van der Waals surface area contributed by atoms with Crippen LogP contribution in [0.15, 0.2) is 24.5 Å². The van der Waals surface area contributed by atoms with Crippen molar-refractivity contribution in [1.82, 2.24) is 15.1 Å². The fourth-order valence-electron chi connectivity index (χ4n) is 1.71. The van der Waals surface area contributed by atoms with E-state index >= 15 is 0 Å². The summed E-state index contributed by atoms with van der Waals surface area (Å²) in [5.74, 6) is 0. The third-order valence-electron chi connectivity index (χ3n) is 2.70. The molecule has 0 aliphatic heterocycles. The lowest BCUT2D eigenvalue weighted by Crippen LogP contribution is -2.11. The van der Waals surface area contributed by atoms with Gasteiger partial charge in [-0.3, -0.25) is 4.68 Å². The van der Waals surface area contributed by atoms with E-state index in [4.69, 9.17) is 0 Å². The number of hydrogen-bond acceptors (Lipinski definition) is 3. The van der Waals surface area contributed by atoms with E-state index in [1.54, 1.807) is 0 Å². The van der Waals surface area contributed by atoms with Crippen LogP contribution in [0.2, 0.25) is 0 Å². The van der Waals surface area contributed by atoms with Crippen molar-refractivity contribution in [1.29, 1.82) is 0 Å². The van der Waals surface area contributed by atoms with Gasteiger partial charge in [-0.1, -0.05) is 6.92 Å². The Morgan fingerprint density at radius 2 is 2.06 bits per heavy atom. The molecule has 0 unspecified atom stereocenters. The Kier molecular flexibility index (Phi) is 4.34. The Hall–Kier alpha value is -1.13. The lowest BCUT2D eigenvalue weighted by molar-refractivity contribution is 0.656. The van der Waals surface area contributed by atoms with Gasteiger partial charge in [-0.25, -0.2) is 0 Å². The Labute approximate surface area is 106 Å². The van der Waals surface area contributed by atoms with E-state index < -0.39 is 0 Å². The smallest absolute Gasteiger partial charge is 0.0534 e. The summed E-state index contributed by atoms with van der Waals surface area (Å²) in [6.07, 6.45) is 5.16. The topological polar surface area (TPSA) is 29.9 Å². The maximum Gasteiger partial charge on any atom is 0.0534 e. The molecule has 92 valence electrons. The second kappa shape index (κ2) is 5.98. The van der Waals surface area contributed by atoms with Crippen molar-refractivity contribution in [2.75, 3.05) is 0 Å². The second-order valence-electron chi connectivity index (χ2n) is 4.03. The first-order valence-electron chi connectivity index (χ1n) is 6.11. The lowest BCUT2D eigenvalue weighted by Gasteiger charge is -2.00. The number of aryl methyl sites for hydroxylation is 2. The fraction of sp³-hybridized carbons (Fsp3) is 0.462. The number of nitrogens with one attached hydrogen (secondary N) is 1. The molecule has 2 rings (SSSR count). The normalized spacial score (nSPS) is 10.9. The van der Waals surface area contributed by atoms with Gasteiger partial charge >= 0.3 is 0 Å². The molecule has 0 fully saturated rings. The first kappa shape index (κ1) is 12.3. The predicted molar refractivity (Wildman–Crippen MR) is 72.1 cm³/mol. The summed E-state index contributed by atoms with van der Waals surface area (Å²) < 4.78 is 1.96. The van der Waals surface area contributed by atoms with Gasteiger partial charge in [-0.15, -0.1) is 11.3 Å². The van der Waals surface area contributed by atoms with E-state index in [-0.39, 0.29) is 0 Å². The number of thiophene rings is 1. The van der Waals surface area contributed by atoms with Crippen molar-refractivity contribution in [3.8, 4) is 0 Å². The Morgan fingerprint density at radius 1 is 1.24 bits per heavy atom. The van der Waals surface area contributed by atoms with Crippen LogP contribution in [0.25, 0.3) is 0 Å². The highest BCUT2D eigenvalue weighted by Crippen LogP contribution is 2.16. The lowest BCUT2D eigenvalue weighted by atomic mass is 10.3. The molecule has 2 aromatic heterocycles. The van der Waals surface area contributed by atoms with E-state index in [0.29, 0.717) is 0 Å². The molecule has 2 aromatic rings. The van der Waals surface area contributed by atoms with Crippen LogP contribution < -0.4 is 5.32 Å². The van der Waals surface area contributed by atoms with Crippen LogP contribution >= 0.6 is 11.3 Å². The van der Waals surface area contributed by atoms with Gasteiger partial charge in [0.05, 0.1) is 6.20 Å². The summed E-state index contributed by atoms with van der Waals surface area (Å²) in [6.45, 7) is 7.07. The zero-order valence-corrected chi connectivity index (χ0v) is 11.3. The largest absolute Gasteiger partial charge is 0.308 e. The molecule has 17 heavy (non-hydrogen) atoms. The number of hydrogen-bond donors (Lipinski definition) is 1. The molecule has 0 aromatic carbocycles. The van der Waals surface area contributed by atoms with Crippen molar-refractivity contribution in [2.45, 2.75) is 39.9 Å². The quantitative estimate of drug-likeness (QED) is 0.853. The van der Waals surface area contributed by atoms with Gasteiger partial charge in [0, 0.05) is 41.1 Å². The van der Waals surface area contributed by atoms with Gasteiger partial charge in [-0.05, 0) is 25.5 Å². The third kappa shape index (κ3) is 3.41. The van der Waals surface area contributed by atoms with Crippen LogP contribution in [0.5, 0.6) is 0 Å². The standard InChI is InChI=1S/C13H19N3S/c1-3-12-5-6-13(17-12)9-14-7-11-8-15-16(4-2)10-11/h5-6,8,10,14H,3-4,7,9H2,1-2H3. The summed E-state index contributed by atoms with van der Waals surface area (Å²) in [7, 11) is 0. The van der Waals surface area contributed by atoms with E-state index in [1.807, 2.05) is 22.2 Å². The molecule has 0 saturated carbocycles. The van der Waals surface area contributed by atoms with Crippen molar-refractivity contribution in [3.63, 3.8) is 0 Å². The monoisotopic (exact) mass is 249 g/mol. The molecule has 0 saturated heterocycles. The van der Waals surface area contributed by atoms with Crippen molar-refractivity contribution in [3.05, 3.63) is 39.8 Å². The minimum Gasteiger partial charge on any atom is -0.308 e. The van der Waals surface area contributed by atoms with Gasteiger partial charge in [0.15, 0.2) is 0 Å². The van der Waals surface area contributed by atoms with Gasteiger partial charge < -0.3 is 5.32 Å². The van der Waals surface area contributed by atoms with Crippen LogP contribution in [0.4, 0.5) is 0 Å². The molecule has 1 N–H and O–H groups in total. The summed E-state index contributed by atoms with van der Waals surface area (Å²) >= 11 is 1.89. The molecule has 0 amide bonds.